The van der Waals surface area contributed by atoms with Crippen molar-refractivity contribution in [3.8, 4) is 11.5 Å². The van der Waals surface area contributed by atoms with Gasteiger partial charge in [0.15, 0.2) is 5.82 Å². The number of likely N-dealkylation sites (tertiary alicyclic amines) is 1. The van der Waals surface area contributed by atoms with Crippen LogP contribution < -0.4 is 5.32 Å². The Labute approximate surface area is 229 Å². The van der Waals surface area contributed by atoms with Crippen molar-refractivity contribution in [3.63, 3.8) is 0 Å². The van der Waals surface area contributed by atoms with E-state index in [9.17, 15) is 14.4 Å². The molecule has 2 aliphatic heterocycles. The molecule has 0 atom stereocenters. The van der Waals surface area contributed by atoms with Crippen LogP contribution in [0.15, 0.2) is 66.7 Å². The van der Waals surface area contributed by atoms with E-state index in [4.69, 9.17) is 0 Å². The van der Waals surface area contributed by atoms with Gasteiger partial charge in [-0.05, 0) is 55.3 Å². The first-order valence-corrected chi connectivity index (χ1v) is 13.5. The van der Waals surface area contributed by atoms with Crippen LogP contribution in [0.2, 0.25) is 0 Å². The monoisotopic (exact) mass is 533 g/mol. The Balaban J connectivity index is 0.968. The average molecular weight is 534 g/mol. The number of piperidine rings is 1. The number of para-hydroxylation sites is 2. The zero-order chi connectivity index (χ0) is 27.2. The molecule has 1 fully saturated rings. The number of hydrogen-bond acceptors (Lipinski definition) is 6. The number of imidazole rings is 1. The predicted octanol–water partition coefficient (Wildman–Crippen LogP) is 3.60. The summed E-state index contributed by atoms with van der Waals surface area (Å²) in [4.78, 5) is 50.0. The molecule has 0 spiro atoms. The van der Waals surface area contributed by atoms with Gasteiger partial charge in [-0.1, -0.05) is 24.3 Å². The number of hydrogen-bond donors (Lipinski definition) is 3. The molecule has 3 N–H and O–H groups in total. The number of nitrogens with one attached hydrogen (secondary N) is 3. The highest BCUT2D eigenvalue weighted by molar-refractivity contribution is 6.21. The summed E-state index contributed by atoms with van der Waals surface area (Å²) in [5.41, 5.74) is 4.82. The van der Waals surface area contributed by atoms with Crippen LogP contribution in [0.3, 0.4) is 0 Å². The summed E-state index contributed by atoms with van der Waals surface area (Å²) in [6.45, 7) is 2.55. The average Bonchev–Trinajstić information content (AvgIpc) is 3.67. The van der Waals surface area contributed by atoms with Gasteiger partial charge in [0.2, 0.25) is 0 Å². The third-order valence-corrected chi connectivity index (χ3v) is 7.88. The predicted molar refractivity (Wildman–Crippen MR) is 150 cm³/mol. The minimum absolute atomic E-state index is 0.0537. The third-order valence-electron chi connectivity index (χ3n) is 7.88. The Morgan fingerprint density at radius 1 is 0.900 bits per heavy atom. The van der Waals surface area contributed by atoms with Gasteiger partial charge in [-0.2, -0.15) is 5.10 Å². The fourth-order valence-corrected chi connectivity index (χ4v) is 5.65. The van der Waals surface area contributed by atoms with E-state index in [-0.39, 0.29) is 23.8 Å². The Bertz CT molecular complexity index is 1710. The van der Waals surface area contributed by atoms with Crippen molar-refractivity contribution in [3.05, 3.63) is 83.4 Å². The molecule has 0 saturated carbocycles. The van der Waals surface area contributed by atoms with E-state index < -0.39 is 0 Å². The number of nitrogens with zero attached hydrogens (tertiary/aromatic N) is 4. The number of benzene rings is 3. The number of rotatable bonds is 6. The molecule has 40 heavy (non-hydrogen) atoms. The van der Waals surface area contributed by atoms with Crippen molar-refractivity contribution < 1.29 is 14.4 Å². The number of aromatic amines is 2. The second-order valence-electron chi connectivity index (χ2n) is 10.3. The largest absolute Gasteiger partial charge is 0.349 e. The number of imide groups is 1. The van der Waals surface area contributed by atoms with Gasteiger partial charge in [0.25, 0.3) is 17.7 Å². The zero-order valence-corrected chi connectivity index (χ0v) is 21.7. The molecule has 0 bridgehead atoms. The molecule has 2 aliphatic rings. The van der Waals surface area contributed by atoms with Gasteiger partial charge in [-0.3, -0.25) is 24.4 Å². The first kappa shape index (κ1) is 24.2. The lowest BCUT2D eigenvalue weighted by molar-refractivity contribution is 0.0624. The van der Waals surface area contributed by atoms with Crippen LogP contribution in [0.25, 0.3) is 33.5 Å². The molecular weight excluding hydrogens is 506 g/mol. The van der Waals surface area contributed by atoms with E-state index >= 15 is 0 Å². The minimum atomic E-state index is -0.221. The maximum absolute atomic E-state index is 13.2. The summed E-state index contributed by atoms with van der Waals surface area (Å²) in [6.07, 6.45) is 1.60. The number of carbonyl (C=O) groups is 3. The molecule has 3 aromatic carbocycles. The Morgan fingerprint density at radius 3 is 2.38 bits per heavy atom. The normalized spacial score (nSPS) is 16.2. The Morgan fingerprint density at radius 2 is 1.62 bits per heavy atom. The van der Waals surface area contributed by atoms with Crippen LogP contribution in [0.1, 0.15) is 43.9 Å². The SMILES string of the molecule is O=C(NC1CCN(CCN2C(=O)c3ccccc3C2=O)CC1)c1ccc2[nH]nc(-c3nc4ccccc4[nH]3)c2c1. The van der Waals surface area contributed by atoms with E-state index in [2.05, 4.69) is 30.4 Å². The van der Waals surface area contributed by atoms with Crippen molar-refractivity contribution in [1.82, 2.24) is 35.3 Å². The van der Waals surface area contributed by atoms with Crippen molar-refractivity contribution in [1.29, 1.82) is 0 Å². The van der Waals surface area contributed by atoms with Crippen LogP contribution in [0, 0.1) is 0 Å². The topological polar surface area (TPSA) is 127 Å². The van der Waals surface area contributed by atoms with E-state index in [1.54, 1.807) is 30.3 Å². The molecule has 3 amide bonds. The first-order valence-electron chi connectivity index (χ1n) is 13.5. The molecule has 0 radical (unpaired) electrons. The summed E-state index contributed by atoms with van der Waals surface area (Å²) < 4.78 is 0. The smallest absolute Gasteiger partial charge is 0.261 e. The highest BCUT2D eigenvalue weighted by Gasteiger charge is 2.35. The van der Waals surface area contributed by atoms with E-state index in [1.165, 1.54) is 4.90 Å². The summed E-state index contributed by atoms with van der Waals surface area (Å²) in [7, 11) is 0. The van der Waals surface area contributed by atoms with Crippen LogP contribution in [-0.4, -0.2) is 79.9 Å². The van der Waals surface area contributed by atoms with Gasteiger partial charge in [0.1, 0.15) is 5.69 Å². The summed E-state index contributed by atoms with van der Waals surface area (Å²) >= 11 is 0. The fourth-order valence-electron chi connectivity index (χ4n) is 5.65. The number of aromatic nitrogens is 4. The molecule has 7 rings (SSSR count). The van der Waals surface area contributed by atoms with E-state index in [1.807, 2.05) is 36.4 Å². The minimum Gasteiger partial charge on any atom is -0.349 e. The van der Waals surface area contributed by atoms with Gasteiger partial charge >= 0.3 is 0 Å². The zero-order valence-electron chi connectivity index (χ0n) is 21.7. The van der Waals surface area contributed by atoms with Crippen LogP contribution >= 0.6 is 0 Å². The molecule has 2 aromatic heterocycles. The molecule has 1 saturated heterocycles. The lowest BCUT2D eigenvalue weighted by atomic mass is 10.0. The standard InChI is InChI=1S/C30H27N7O3/c38-28(18-9-10-23-22(17-18)26(35-34-23)27-32-24-7-3-4-8-25(24)33-27)31-19-11-13-36(14-12-19)15-16-37-29(39)20-5-1-2-6-21(20)30(37)40/h1-10,17,19H,11-16H2,(H,31,38)(H,32,33)(H,34,35). The van der Waals surface area contributed by atoms with Gasteiger partial charge in [-0.15, -0.1) is 0 Å². The lowest BCUT2D eigenvalue weighted by Gasteiger charge is -2.33. The number of carbonyl (C=O) groups excluding carboxylic acids is 3. The molecular formula is C30H27N7O3. The molecule has 10 nitrogen and oxygen atoms in total. The second kappa shape index (κ2) is 9.73. The molecule has 4 heterocycles. The van der Waals surface area contributed by atoms with Crippen LogP contribution in [-0.2, 0) is 0 Å². The highest BCUT2D eigenvalue weighted by Crippen LogP contribution is 2.27. The Kier molecular flexibility index (Phi) is 5.89. The van der Waals surface area contributed by atoms with Crippen molar-refractivity contribution >= 4 is 39.7 Å². The van der Waals surface area contributed by atoms with Crippen LogP contribution in [0.4, 0.5) is 0 Å². The number of H-pyrrole nitrogens is 2. The summed E-state index contributed by atoms with van der Waals surface area (Å²) in [5.74, 6) is 0.0864. The van der Waals surface area contributed by atoms with Crippen LogP contribution in [0.5, 0.6) is 0 Å². The maximum Gasteiger partial charge on any atom is 0.261 e. The maximum atomic E-state index is 13.2. The summed E-state index contributed by atoms with van der Waals surface area (Å²) in [6, 6.07) is 20.3. The molecule has 10 heteroatoms. The highest BCUT2D eigenvalue weighted by atomic mass is 16.2. The van der Waals surface area contributed by atoms with Crippen molar-refractivity contribution in [2.45, 2.75) is 18.9 Å². The second-order valence-corrected chi connectivity index (χ2v) is 10.3. The lowest BCUT2D eigenvalue weighted by Crippen LogP contribution is -2.47. The third kappa shape index (κ3) is 4.22. The van der Waals surface area contributed by atoms with Crippen molar-refractivity contribution in [2.75, 3.05) is 26.2 Å². The molecule has 200 valence electrons. The van der Waals surface area contributed by atoms with Gasteiger partial charge in [0, 0.05) is 43.2 Å². The number of amides is 3. The quantitative estimate of drug-likeness (QED) is 0.286. The van der Waals surface area contributed by atoms with Crippen molar-refractivity contribution in [2.24, 2.45) is 0 Å². The molecule has 5 aromatic rings. The first-order chi connectivity index (χ1) is 19.5. The van der Waals surface area contributed by atoms with Gasteiger partial charge < -0.3 is 15.2 Å². The van der Waals surface area contributed by atoms with Gasteiger partial charge in [-0.25, -0.2) is 4.98 Å². The van der Waals surface area contributed by atoms with E-state index in [0.29, 0.717) is 41.3 Å². The van der Waals surface area contributed by atoms with Gasteiger partial charge in [0.05, 0.1) is 27.7 Å². The number of fused-ring (bicyclic) bond motifs is 3. The Hall–Kier alpha value is -4.83. The molecule has 0 aliphatic carbocycles. The fraction of sp³-hybridized carbons (Fsp3) is 0.233. The summed E-state index contributed by atoms with van der Waals surface area (Å²) in [5, 5.41) is 11.5. The van der Waals surface area contributed by atoms with E-state index in [0.717, 1.165) is 47.9 Å². The molecule has 0 unspecified atom stereocenters.